The van der Waals surface area contributed by atoms with E-state index in [-0.39, 0.29) is 17.5 Å². The van der Waals surface area contributed by atoms with E-state index in [4.69, 9.17) is 9.47 Å². The normalized spacial score (nSPS) is 16.3. The molecule has 8 heteroatoms. The van der Waals surface area contributed by atoms with Gasteiger partial charge in [0, 0.05) is 5.56 Å². The minimum absolute atomic E-state index is 0.141. The van der Waals surface area contributed by atoms with Crippen molar-refractivity contribution in [1.82, 2.24) is 5.32 Å². The second-order valence-corrected chi connectivity index (χ2v) is 9.76. The molecule has 172 valence electrons. The number of sulfonamides is 1. The summed E-state index contributed by atoms with van der Waals surface area (Å²) in [4.78, 5) is 13.3. The predicted molar refractivity (Wildman–Crippen MR) is 126 cm³/mol. The van der Waals surface area contributed by atoms with Crippen LogP contribution in [0.2, 0.25) is 0 Å². The van der Waals surface area contributed by atoms with Crippen LogP contribution in [0.4, 0.5) is 5.69 Å². The molecule has 4 rings (SSSR count). The van der Waals surface area contributed by atoms with E-state index >= 15 is 0 Å². The van der Waals surface area contributed by atoms with Crippen LogP contribution in [0.1, 0.15) is 24.1 Å². The summed E-state index contributed by atoms with van der Waals surface area (Å²) in [5, 5.41) is 2.93. The van der Waals surface area contributed by atoms with Gasteiger partial charge in [0.05, 0.1) is 30.3 Å². The second-order valence-electron chi connectivity index (χ2n) is 7.90. The molecule has 1 heterocycles. The first-order valence-corrected chi connectivity index (χ1v) is 12.0. The van der Waals surface area contributed by atoms with Gasteiger partial charge >= 0.3 is 0 Å². The van der Waals surface area contributed by atoms with Crippen molar-refractivity contribution in [3.05, 3.63) is 83.9 Å². The van der Waals surface area contributed by atoms with Gasteiger partial charge in [0.25, 0.3) is 15.9 Å². The van der Waals surface area contributed by atoms with Crippen molar-refractivity contribution < 1.29 is 22.7 Å². The summed E-state index contributed by atoms with van der Waals surface area (Å²) in [5.41, 5.74) is 2.12. The zero-order chi connectivity index (χ0) is 23.6. The molecule has 1 aliphatic heterocycles. The van der Waals surface area contributed by atoms with Crippen LogP contribution < -0.4 is 19.1 Å². The number of hydrogen-bond acceptors (Lipinski definition) is 5. The van der Waals surface area contributed by atoms with E-state index in [2.05, 4.69) is 5.32 Å². The lowest BCUT2D eigenvalue weighted by atomic mass is 10.1. The molecule has 1 N–H and O–H groups in total. The van der Waals surface area contributed by atoms with Crippen LogP contribution in [0.5, 0.6) is 11.5 Å². The lowest BCUT2D eigenvalue weighted by Crippen LogP contribution is -2.51. The highest BCUT2D eigenvalue weighted by Crippen LogP contribution is 2.38. The number of carbonyl (C=O) groups excluding carboxylic acids is 1. The minimum atomic E-state index is -3.89. The molecule has 7 nitrogen and oxygen atoms in total. The molecule has 0 saturated carbocycles. The third-order valence-electron chi connectivity index (χ3n) is 5.57. The summed E-state index contributed by atoms with van der Waals surface area (Å²) in [6.07, 6.45) is -1.02. The maximum absolute atomic E-state index is 13.5. The second kappa shape index (κ2) is 9.15. The molecule has 1 amide bonds. The molecule has 0 radical (unpaired) electrons. The minimum Gasteiger partial charge on any atom is -0.496 e. The van der Waals surface area contributed by atoms with Crippen molar-refractivity contribution in [1.29, 1.82) is 0 Å². The molecular weight excluding hydrogens is 440 g/mol. The average molecular weight is 467 g/mol. The first-order chi connectivity index (χ1) is 15.8. The molecule has 0 bridgehead atoms. The zero-order valence-corrected chi connectivity index (χ0v) is 19.5. The number of methoxy groups -OCH3 is 1. The molecule has 0 fully saturated rings. The molecule has 0 saturated heterocycles. The Kier molecular flexibility index (Phi) is 6.29. The average Bonchev–Trinajstić information content (AvgIpc) is 2.83. The first kappa shape index (κ1) is 22.7. The van der Waals surface area contributed by atoms with E-state index in [1.807, 2.05) is 44.2 Å². The molecule has 2 atom stereocenters. The molecule has 0 spiro atoms. The summed E-state index contributed by atoms with van der Waals surface area (Å²) >= 11 is 0. The quantitative estimate of drug-likeness (QED) is 0.597. The van der Waals surface area contributed by atoms with Crippen molar-refractivity contribution in [2.24, 2.45) is 0 Å². The molecule has 0 aromatic heterocycles. The highest BCUT2D eigenvalue weighted by Gasteiger charge is 2.38. The van der Waals surface area contributed by atoms with E-state index in [9.17, 15) is 13.2 Å². The molecule has 1 aliphatic rings. The van der Waals surface area contributed by atoms with Crippen LogP contribution in [0.25, 0.3) is 0 Å². The number of carbonyl (C=O) groups is 1. The molecule has 3 aromatic rings. The topological polar surface area (TPSA) is 84.9 Å². The van der Waals surface area contributed by atoms with Gasteiger partial charge in [0.1, 0.15) is 11.5 Å². The number of benzene rings is 3. The lowest BCUT2D eigenvalue weighted by molar-refractivity contribution is -0.128. The number of ether oxygens (including phenoxy) is 2. The number of anilines is 1. The van der Waals surface area contributed by atoms with Gasteiger partial charge in [0.15, 0.2) is 6.10 Å². The summed E-state index contributed by atoms with van der Waals surface area (Å²) in [7, 11) is -2.32. The van der Waals surface area contributed by atoms with Gasteiger partial charge in [-0.05, 0) is 49.7 Å². The number of aryl methyl sites for hydroxylation is 1. The van der Waals surface area contributed by atoms with Gasteiger partial charge in [-0.2, -0.15) is 0 Å². The van der Waals surface area contributed by atoms with Crippen LogP contribution in [-0.2, 0) is 14.8 Å². The third kappa shape index (κ3) is 4.52. The van der Waals surface area contributed by atoms with Gasteiger partial charge < -0.3 is 14.8 Å². The molecule has 3 aromatic carbocycles. The van der Waals surface area contributed by atoms with Gasteiger partial charge in [-0.1, -0.05) is 42.5 Å². The third-order valence-corrected chi connectivity index (χ3v) is 7.37. The number of rotatable bonds is 6. The molecular formula is C25H26N2O5S. The van der Waals surface area contributed by atoms with Gasteiger partial charge in [-0.25, -0.2) is 8.42 Å². The maximum atomic E-state index is 13.5. The fourth-order valence-corrected chi connectivity index (χ4v) is 5.35. The van der Waals surface area contributed by atoms with Gasteiger partial charge in [-0.15, -0.1) is 0 Å². The SMILES string of the molecule is COc1ccccc1[C@H](C)NC(=O)[C@H]1CN(S(=O)(=O)c2ccccc2)c2ccc(C)cc2O1. The summed E-state index contributed by atoms with van der Waals surface area (Å²) in [6.45, 7) is 3.58. The standard InChI is InChI=1S/C25H26N2O5S/c1-17-13-14-21-23(15-17)32-24(16-27(21)33(29,30)19-9-5-4-6-10-19)25(28)26-18(2)20-11-7-8-12-22(20)31-3/h4-15,18,24H,16H2,1-3H3,(H,26,28)/t18-,24+/m0/s1. The number of fused-ring (bicyclic) bond motifs is 1. The summed E-state index contributed by atoms with van der Waals surface area (Å²) in [5.74, 6) is 0.601. The fourth-order valence-electron chi connectivity index (χ4n) is 3.85. The van der Waals surface area contributed by atoms with Gasteiger partial charge in [-0.3, -0.25) is 9.10 Å². The van der Waals surface area contributed by atoms with Crippen LogP contribution in [-0.4, -0.2) is 34.1 Å². The summed E-state index contributed by atoms with van der Waals surface area (Å²) < 4.78 is 39.5. The Morgan fingerprint density at radius 3 is 2.52 bits per heavy atom. The lowest BCUT2D eigenvalue weighted by Gasteiger charge is -2.35. The number of amides is 1. The van der Waals surface area contributed by atoms with Crippen molar-refractivity contribution in [3.8, 4) is 11.5 Å². The van der Waals surface area contributed by atoms with E-state index in [1.54, 1.807) is 37.4 Å². The fraction of sp³-hybridized carbons (Fsp3) is 0.240. The van der Waals surface area contributed by atoms with Crippen molar-refractivity contribution in [2.45, 2.75) is 30.9 Å². The molecule has 33 heavy (non-hydrogen) atoms. The number of para-hydroxylation sites is 1. The first-order valence-electron chi connectivity index (χ1n) is 10.6. The van der Waals surface area contributed by atoms with Crippen LogP contribution in [0.15, 0.2) is 77.7 Å². The van der Waals surface area contributed by atoms with E-state index in [1.165, 1.54) is 16.4 Å². The number of nitrogens with one attached hydrogen (secondary N) is 1. The Balaban J connectivity index is 1.64. The Hall–Kier alpha value is -3.52. The highest BCUT2D eigenvalue weighted by molar-refractivity contribution is 7.92. The smallest absolute Gasteiger partial charge is 0.264 e. The number of hydrogen-bond donors (Lipinski definition) is 1. The Morgan fingerprint density at radius 1 is 1.09 bits per heavy atom. The summed E-state index contributed by atoms with van der Waals surface area (Å²) in [6, 6.07) is 20.5. The maximum Gasteiger partial charge on any atom is 0.264 e. The molecule has 0 aliphatic carbocycles. The van der Waals surface area contributed by atoms with E-state index in [0.717, 1.165) is 11.1 Å². The molecule has 0 unspecified atom stereocenters. The van der Waals surface area contributed by atoms with Crippen LogP contribution in [0, 0.1) is 6.92 Å². The van der Waals surface area contributed by atoms with Crippen molar-refractivity contribution in [2.75, 3.05) is 18.0 Å². The van der Waals surface area contributed by atoms with E-state index in [0.29, 0.717) is 17.2 Å². The van der Waals surface area contributed by atoms with Crippen molar-refractivity contribution in [3.63, 3.8) is 0 Å². The van der Waals surface area contributed by atoms with E-state index < -0.39 is 22.0 Å². The Bertz CT molecular complexity index is 1260. The monoisotopic (exact) mass is 466 g/mol. The van der Waals surface area contributed by atoms with Crippen molar-refractivity contribution >= 4 is 21.6 Å². The van der Waals surface area contributed by atoms with Gasteiger partial charge in [0.2, 0.25) is 0 Å². The van der Waals surface area contributed by atoms with Crippen LogP contribution >= 0.6 is 0 Å². The highest BCUT2D eigenvalue weighted by atomic mass is 32.2. The number of nitrogens with zero attached hydrogens (tertiary/aromatic N) is 1. The largest absolute Gasteiger partial charge is 0.496 e. The Labute approximate surface area is 194 Å². The Morgan fingerprint density at radius 2 is 1.79 bits per heavy atom. The zero-order valence-electron chi connectivity index (χ0n) is 18.7. The van der Waals surface area contributed by atoms with Crippen LogP contribution in [0.3, 0.4) is 0 Å². The predicted octanol–water partition coefficient (Wildman–Crippen LogP) is 3.84.